The Morgan fingerprint density at radius 2 is 1.50 bits per heavy atom. The molecule has 0 spiro atoms. The van der Waals surface area contributed by atoms with Crippen LogP contribution in [0.2, 0.25) is 12.6 Å². The summed E-state index contributed by atoms with van der Waals surface area (Å²) >= 11 is 0. The van der Waals surface area contributed by atoms with Crippen LogP contribution in [0.25, 0.3) is 0 Å². The van der Waals surface area contributed by atoms with Crippen LogP contribution in [0.5, 0.6) is 0 Å². The van der Waals surface area contributed by atoms with Gasteiger partial charge in [0.05, 0.1) is 0 Å². The SMILES string of the molecule is CCC#C[B-](CCCC)(CCCC)OC.[Li+]. The van der Waals surface area contributed by atoms with Crippen LogP contribution in [0.1, 0.15) is 52.9 Å². The van der Waals surface area contributed by atoms with Crippen molar-refractivity contribution in [1.29, 1.82) is 0 Å². The third-order valence-corrected chi connectivity index (χ3v) is 3.04. The maximum absolute atomic E-state index is 5.73. The Balaban J connectivity index is 0. The second-order valence-corrected chi connectivity index (χ2v) is 4.34. The van der Waals surface area contributed by atoms with Crippen molar-refractivity contribution < 1.29 is 23.5 Å². The second kappa shape index (κ2) is 11.7. The summed E-state index contributed by atoms with van der Waals surface area (Å²) < 4.78 is 5.73. The van der Waals surface area contributed by atoms with Crippen LogP contribution in [0.3, 0.4) is 0 Å². The molecule has 0 saturated heterocycles. The molecule has 0 radical (unpaired) electrons. The predicted octanol–water partition coefficient (Wildman–Crippen LogP) is 1.14. The maximum Gasteiger partial charge on any atom is 1.00 e. The van der Waals surface area contributed by atoms with Gasteiger partial charge in [0.25, 0.3) is 0 Å². The minimum atomic E-state index is -0.853. The summed E-state index contributed by atoms with van der Waals surface area (Å²) in [5.74, 6) is 6.60. The fourth-order valence-electron chi connectivity index (χ4n) is 1.94. The van der Waals surface area contributed by atoms with Gasteiger partial charge in [-0.25, -0.2) is 0 Å². The van der Waals surface area contributed by atoms with E-state index in [1.54, 1.807) is 0 Å². The van der Waals surface area contributed by atoms with E-state index in [0.29, 0.717) is 0 Å². The van der Waals surface area contributed by atoms with Crippen LogP contribution in [-0.2, 0) is 4.65 Å². The molecular weight excluding hydrogens is 190 g/mol. The van der Waals surface area contributed by atoms with Crippen molar-refractivity contribution in [2.45, 2.75) is 65.5 Å². The second-order valence-electron chi connectivity index (χ2n) is 4.34. The Labute approximate surface area is 114 Å². The van der Waals surface area contributed by atoms with Gasteiger partial charge in [-0.15, -0.1) is 18.6 Å². The van der Waals surface area contributed by atoms with E-state index < -0.39 is 6.35 Å². The Kier molecular flexibility index (Phi) is 13.5. The van der Waals surface area contributed by atoms with E-state index in [-0.39, 0.29) is 18.9 Å². The third-order valence-electron chi connectivity index (χ3n) is 3.04. The number of unbranched alkanes of at least 4 members (excludes halogenated alkanes) is 2. The standard InChI is InChI=1S/C13H26BO.Li/c1-5-8-11-14(15-4,12-9-6-2)13-10-7-3;/h5-9,11-12H2,1-4H3;/q-1;+1. The van der Waals surface area contributed by atoms with E-state index in [2.05, 4.69) is 32.5 Å². The minimum absolute atomic E-state index is 0. The van der Waals surface area contributed by atoms with E-state index in [1.807, 2.05) is 7.11 Å². The van der Waals surface area contributed by atoms with Gasteiger partial charge in [0.15, 0.2) is 6.35 Å². The molecule has 88 valence electrons. The molecule has 16 heavy (non-hydrogen) atoms. The van der Waals surface area contributed by atoms with E-state index in [9.17, 15) is 0 Å². The number of rotatable bonds is 7. The summed E-state index contributed by atoms with van der Waals surface area (Å²) in [4.78, 5) is 0. The number of hydrogen-bond donors (Lipinski definition) is 0. The first-order valence-electron chi connectivity index (χ1n) is 6.47. The zero-order valence-electron chi connectivity index (χ0n) is 11.9. The molecule has 0 atom stereocenters. The molecule has 0 saturated carbocycles. The molecule has 0 heterocycles. The molecule has 0 aromatic carbocycles. The van der Waals surface area contributed by atoms with E-state index in [0.717, 1.165) is 19.1 Å². The van der Waals surface area contributed by atoms with Crippen LogP contribution >= 0.6 is 0 Å². The quantitative estimate of drug-likeness (QED) is 0.458. The Bertz CT molecular complexity index is 200. The largest absolute Gasteiger partial charge is 1.00 e. The zero-order valence-corrected chi connectivity index (χ0v) is 11.9. The smallest absolute Gasteiger partial charge is 0.582 e. The van der Waals surface area contributed by atoms with E-state index in [1.165, 1.54) is 25.7 Å². The zero-order chi connectivity index (χ0) is 11.6. The Morgan fingerprint density at radius 3 is 1.81 bits per heavy atom. The molecule has 3 heteroatoms. The average molecular weight is 216 g/mol. The summed E-state index contributed by atoms with van der Waals surface area (Å²) in [6, 6.07) is 0. The van der Waals surface area contributed by atoms with E-state index in [4.69, 9.17) is 4.65 Å². The molecule has 0 aromatic heterocycles. The average Bonchev–Trinajstić information content (AvgIpc) is 2.29. The first kappa shape index (κ1) is 18.5. The molecule has 0 rings (SSSR count). The summed E-state index contributed by atoms with van der Waals surface area (Å²) in [6.07, 6.45) is 7.28. The van der Waals surface area contributed by atoms with Gasteiger partial charge in [-0.2, -0.15) is 0 Å². The van der Waals surface area contributed by atoms with Crippen molar-refractivity contribution >= 4 is 6.35 Å². The molecule has 1 nitrogen and oxygen atoms in total. The van der Waals surface area contributed by atoms with Gasteiger partial charge >= 0.3 is 18.9 Å². The molecule has 0 aromatic rings. The van der Waals surface area contributed by atoms with Crippen molar-refractivity contribution in [3.8, 4) is 11.7 Å². The summed E-state index contributed by atoms with van der Waals surface area (Å²) in [7, 11) is 1.83. The summed E-state index contributed by atoms with van der Waals surface area (Å²) in [5, 5.41) is 0. The molecule has 0 aliphatic heterocycles. The monoisotopic (exact) mass is 216 g/mol. The maximum atomic E-state index is 5.73. The van der Waals surface area contributed by atoms with Gasteiger partial charge in [0, 0.05) is 6.42 Å². The van der Waals surface area contributed by atoms with Crippen molar-refractivity contribution in [2.24, 2.45) is 0 Å². The number of hydrogen-bond acceptors (Lipinski definition) is 1. The van der Waals surface area contributed by atoms with Crippen LogP contribution in [0.4, 0.5) is 0 Å². The van der Waals surface area contributed by atoms with Crippen molar-refractivity contribution in [3.05, 3.63) is 0 Å². The van der Waals surface area contributed by atoms with Gasteiger partial charge in [-0.05, 0) is 7.11 Å². The van der Waals surface area contributed by atoms with Crippen molar-refractivity contribution in [1.82, 2.24) is 0 Å². The van der Waals surface area contributed by atoms with Gasteiger partial charge in [0.2, 0.25) is 0 Å². The predicted molar refractivity (Wildman–Crippen MR) is 70.3 cm³/mol. The van der Waals surface area contributed by atoms with Crippen LogP contribution < -0.4 is 18.9 Å². The van der Waals surface area contributed by atoms with Crippen molar-refractivity contribution in [2.75, 3.05) is 7.11 Å². The molecule has 0 bridgehead atoms. The fraction of sp³-hybridized carbons (Fsp3) is 0.846. The topological polar surface area (TPSA) is 9.23 Å². The molecule has 0 aliphatic rings. The molecule has 0 fully saturated rings. The van der Waals surface area contributed by atoms with E-state index >= 15 is 0 Å². The van der Waals surface area contributed by atoms with Gasteiger partial charge in [-0.1, -0.05) is 46.5 Å². The molecular formula is C13H26BLiO. The van der Waals surface area contributed by atoms with Crippen LogP contribution in [-0.4, -0.2) is 13.5 Å². The van der Waals surface area contributed by atoms with Gasteiger partial charge in [0.1, 0.15) is 0 Å². The Morgan fingerprint density at radius 1 is 1.00 bits per heavy atom. The normalized spacial score (nSPS) is 10.2. The van der Waals surface area contributed by atoms with Crippen molar-refractivity contribution in [3.63, 3.8) is 0 Å². The first-order chi connectivity index (χ1) is 7.24. The minimum Gasteiger partial charge on any atom is -0.582 e. The van der Waals surface area contributed by atoms with Gasteiger partial charge < -0.3 is 4.65 Å². The van der Waals surface area contributed by atoms with Gasteiger partial charge in [-0.3, -0.25) is 5.82 Å². The van der Waals surface area contributed by atoms with Crippen LogP contribution in [0.15, 0.2) is 0 Å². The summed E-state index contributed by atoms with van der Waals surface area (Å²) in [6.45, 7) is 6.55. The Hall–Kier alpha value is 0.182. The summed E-state index contributed by atoms with van der Waals surface area (Å²) in [5.41, 5.74) is 0. The molecule has 0 unspecified atom stereocenters. The first-order valence-corrected chi connectivity index (χ1v) is 6.47. The van der Waals surface area contributed by atoms with Crippen LogP contribution in [0, 0.1) is 11.7 Å². The third kappa shape index (κ3) is 7.45. The fourth-order valence-corrected chi connectivity index (χ4v) is 1.94. The molecule has 0 amide bonds. The molecule has 0 N–H and O–H groups in total. The molecule has 0 aliphatic carbocycles.